The van der Waals surface area contributed by atoms with E-state index in [-0.39, 0.29) is 11.9 Å². The number of amides is 1. The number of carbonyl (C=O) groups excluding carboxylic acids is 1. The van der Waals surface area contributed by atoms with Crippen molar-refractivity contribution >= 4 is 23.4 Å². The summed E-state index contributed by atoms with van der Waals surface area (Å²) in [5.41, 5.74) is 3.82. The summed E-state index contributed by atoms with van der Waals surface area (Å²) in [7, 11) is 0. The largest absolute Gasteiger partial charge is 0.309 e. The minimum Gasteiger partial charge on any atom is -0.309 e. The second-order valence-electron chi connectivity index (χ2n) is 8.47. The Labute approximate surface area is 195 Å². The van der Waals surface area contributed by atoms with Crippen LogP contribution in [0.5, 0.6) is 0 Å². The highest BCUT2D eigenvalue weighted by Crippen LogP contribution is 2.43. The molecule has 1 amide bonds. The second kappa shape index (κ2) is 10.1. The highest BCUT2D eigenvalue weighted by molar-refractivity contribution is 8.01. The van der Waals surface area contributed by atoms with Crippen molar-refractivity contribution in [3.8, 4) is 0 Å². The van der Waals surface area contributed by atoms with E-state index >= 15 is 0 Å². The van der Waals surface area contributed by atoms with Gasteiger partial charge in [-0.05, 0) is 48.4 Å². The van der Waals surface area contributed by atoms with Gasteiger partial charge >= 0.3 is 0 Å². The van der Waals surface area contributed by atoms with Gasteiger partial charge in [-0.3, -0.25) is 4.79 Å². The molecule has 1 aliphatic rings. The second-order valence-corrected chi connectivity index (χ2v) is 9.36. The van der Waals surface area contributed by atoms with Gasteiger partial charge in [-0.1, -0.05) is 97.1 Å². The predicted molar refractivity (Wildman–Crippen MR) is 136 cm³/mol. The van der Waals surface area contributed by atoms with Gasteiger partial charge < -0.3 is 4.90 Å². The molecule has 0 saturated heterocycles. The van der Waals surface area contributed by atoms with E-state index in [4.69, 9.17) is 0 Å². The maximum absolute atomic E-state index is 13.9. The first-order valence-corrected chi connectivity index (χ1v) is 12.1. The van der Waals surface area contributed by atoms with Crippen LogP contribution in [0.3, 0.4) is 0 Å². The Morgan fingerprint density at radius 3 is 2.00 bits per heavy atom. The Morgan fingerprint density at radius 1 is 0.844 bits per heavy atom. The standard InChI is InChI=1S/C29H29NOS/c1-23(2)30-27(26-16-10-5-11-17-26)21-29(28(30)31,20-24-12-6-3-7-13-24)18-19-32-22-25-14-8-4-9-15-25/h3-19,21,23H,20,22H2,1-2H3/b19-18-. The molecule has 32 heavy (non-hydrogen) atoms. The van der Waals surface area contributed by atoms with E-state index in [0.29, 0.717) is 6.42 Å². The fraction of sp³-hybridized carbons (Fsp3) is 0.207. The van der Waals surface area contributed by atoms with Crippen LogP contribution in [0.1, 0.15) is 30.5 Å². The van der Waals surface area contributed by atoms with Crippen LogP contribution in [0.25, 0.3) is 5.70 Å². The molecule has 4 rings (SSSR count). The molecule has 1 heterocycles. The zero-order valence-electron chi connectivity index (χ0n) is 18.6. The Bertz CT molecular complexity index is 1090. The van der Waals surface area contributed by atoms with Crippen LogP contribution in [-0.2, 0) is 17.0 Å². The van der Waals surface area contributed by atoms with Gasteiger partial charge in [-0.25, -0.2) is 0 Å². The molecule has 162 valence electrons. The third-order valence-corrected chi connectivity index (χ3v) is 6.58. The van der Waals surface area contributed by atoms with Crippen LogP contribution in [0.4, 0.5) is 0 Å². The van der Waals surface area contributed by atoms with E-state index in [9.17, 15) is 4.79 Å². The summed E-state index contributed by atoms with van der Waals surface area (Å²) in [5, 5.41) is 2.11. The Hall–Kier alpha value is -3.04. The molecule has 0 fully saturated rings. The number of carbonyl (C=O) groups is 1. The Balaban J connectivity index is 1.69. The van der Waals surface area contributed by atoms with Gasteiger partial charge in [0.1, 0.15) is 0 Å². The molecular formula is C29H29NOS. The van der Waals surface area contributed by atoms with Crippen LogP contribution < -0.4 is 0 Å². The van der Waals surface area contributed by atoms with Crippen molar-refractivity contribution in [1.29, 1.82) is 0 Å². The van der Waals surface area contributed by atoms with Crippen molar-refractivity contribution in [3.05, 3.63) is 125 Å². The minimum absolute atomic E-state index is 0.0805. The van der Waals surface area contributed by atoms with Crippen LogP contribution >= 0.6 is 11.8 Å². The summed E-state index contributed by atoms with van der Waals surface area (Å²) in [5.74, 6) is 1.03. The van der Waals surface area contributed by atoms with Gasteiger partial charge in [0.25, 0.3) is 0 Å². The quantitative estimate of drug-likeness (QED) is 0.378. The van der Waals surface area contributed by atoms with Gasteiger partial charge in [0.05, 0.1) is 5.41 Å². The van der Waals surface area contributed by atoms with Gasteiger partial charge in [0.2, 0.25) is 5.91 Å². The Morgan fingerprint density at radius 2 is 1.41 bits per heavy atom. The molecule has 0 aliphatic carbocycles. The number of benzene rings is 3. The SMILES string of the molecule is CC(C)N1C(=O)C(/C=C\SCc2ccccc2)(Cc2ccccc2)C=C1c1ccccc1. The highest BCUT2D eigenvalue weighted by Gasteiger charge is 2.45. The molecule has 0 radical (unpaired) electrons. The summed E-state index contributed by atoms with van der Waals surface area (Å²) >= 11 is 1.73. The van der Waals surface area contributed by atoms with Crippen molar-refractivity contribution in [2.45, 2.75) is 32.1 Å². The fourth-order valence-electron chi connectivity index (χ4n) is 4.18. The molecule has 0 spiro atoms. The number of hydrogen-bond donors (Lipinski definition) is 0. The maximum atomic E-state index is 13.9. The summed E-state index contributed by atoms with van der Waals surface area (Å²) < 4.78 is 0. The van der Waals surface area contributed by atoms with Gasteiger partial charge in [0, 0.05) is 17.5 Å². The monoisotopic (exact) mass is 439 g/mol. The van der Waals surface area contributed by atoms with Crippen LogP contribution in [-0.4, -0.2) is 16.8 Å². The minimum atomic E-state index is -0.694. The lowest BCUT2D eigenvalue weighted by Gasteiger charge is -2.29. The van der Waals surface area contributed by atoms with E-state index in [0.717, 1.165) is 22.6 Å². The van der Waals surface area contributed by atoms with Crippen molar-refractivity contribution in [3.63, 3.8) is 0 Å². The molecule has 2 nitrogen and oxygen atoms in total. The van der Waals surface area contributed by atoms with Crippen LogP contribution in [0.15, 0.2) is 109 Å². The van der Waals surface area contributed by atoms with Crippen molar-refractivity contribution in [1.82, 2.24) is 4.90 Å². The first-order valence-electron chi connectivity index (χ1n) is 11.1. The number of rotatable bonds is 8. The average molecular weight is 440 g/mol. The molecule has 3 aromatic rings. The van der Waals surface area contributed by atoms with E-state index in [1.165, 1.54) is 5.56 Å². The number of thioether (sulfide) groups is 1. The third kappa shape index (κ3) is 4.89. The zero-order valence-corrected chi connectivity index (χ0v) is 19.5. The third-order valence-electron chi connectivity index (χ3n) is 5.75. The summed E-state index contributed by atoms with van der Waals surface area (Å²) in [6.07, 6.45) is 4.94. The van der Waals surface area contributed by atoms with Crippen molar-refractivity contribution < 1.29 is 4.79 Å². The van der Waals surface area contributed by atoms with Gasteiger partial charge in [-0.2, -0.15) is 0 Å². The first kappa shape index (κ1) is 22.2. The molecule has 1 unspecified atom stereocenters. The van der Waals surface area contributed by atoms with Gasteiger partial charge in [-0.15, -0.1) is 11.8 Å². The van der Waals surface area contributed by atoms with Crippen molar-refractivity contribution in [2.75, 3.05) is 0 Å². The molecular weight excluding hydrogens is 410 g/mol. The molecule has 0 saturated carbocycles. The topological polar surface area (TPSA) is 20.3 Å². The lowest BCUT2D eigenvalue weighted by molar-refractivity contribution is -0.133. The van der Waals surface area contributed by atoms with Crippen molar-refractivity contribution in [2.24, 2.45) is 5.41 Å². The lowest BCUT2D eigenvalue weighted by atomic mass is 9.81. The molecule has 0 aromatic heterocycles. The van der Waals surface area contributed by atoms with E-state index in [1.807, 2.05) is 47.4 Å². The number of hydrogen-bond acceptors (Lipinski definition) is 2. The van der Waals surface area contributed by atoms with E-state index < -0.39 is 5.41 Å². The summed E-state index contributed by atoms with van der Waals surface area (Å²) in [6.45, 7) is 4.17. The van der Waals surface area contributed by atoms with E-state index in [2.05, 4.69) is 79.9 Å². The molecule has 0 bridgehead atoms. The highest BCUT2D eigenvalue weighted by atomic mass is 32.2. The molecule has 0 N–H and O–H groups in total. The molecule has 3 heteroatoms. The average Bonchev–Trinajstić information content (AvgIpc) is 3.11. The van der Waals surface area contributed by atoms with Crippen LogP contribution in [0.2, 0.25) is 0 Å². The van der Waals surface area contributed by atoms with Gasteiger partial charge in [0.15, 0.2) is 0 Å². The van der Waals surface area contributed by atoms with Crippen LogP contribution in [0, 0.1) is 5.41 Å². The molecule has 3 aromatic carbocycles. The predicted octanol–water partition coefficient (Wildman–Crippen LogP) is 6.95. The molecule has 1 aliphatic heterocycles. The van der Waals surface area contributed by atoms with E-state index in [1.54, 1.807) is 11.8 Å². The smallest absolute Gasteiger partial charge is 0.241 e. The Kier molecular flexibility index (Phi) is 6.96. The molecule has 1 atom stereocenters. The normalized spacial score (nSPS) is 18.5. The summed E-state index contributed by atoms with van der Waals surface area (Å²) in [6, 6.07) is 31.1. The maximum Gasteiger partial charge on any atom is 0.241 e. The fourth-order valence-corrected chi connectivity index (χ4v) is 5.00. The lowest BCUT2D eigenvalue weighted by Crippen LogP contribution is -2.39. The first-order chi connectivity index (χ1) is 15.6. The summed E-state index contributed by atoms with van der Waals surface area (Å²) in [4.78, 5) is 15.9. The number of nitrogens with zero attached hydrogens (tertiary/aromatic N) is 1. The zero-order chi connectivity index (χ0) is 22.4.